The molecule has 154 valence electrons. The molecule has 1 aromatic carbocycles. The van der Waals surface area contributed by atoms with Crippen LogP contribution in [0, 0.1) is 46.8 Å². The third-order valence-electron chi connectivity index (χ3n) is 7.27. The molecular weight excluding hydrogens is 350 g/mol. The number of benzene rings is 1. The molecule has 1 nitrogen and oxygen atoms in total. The average molecular weight is 388 g/mol. The Hall–Kier alpha value is -1.99. The van der Waals surface area contributed by atoms with E-state index in [4.69, 9.17) is 5.26 Å². The van der Waals surface area contributed by atoms with Gasteiger partial charge >= 0.3 is 0 Å². The molecule has 0 N–H and O–H groups in total. The molecule has 0 radical (unpaired) electrons. The van der Waals surface area contributed by atoms with E-state index in [0.717, 1.165) is 23.3 Å². The van der Waals surface area contributed by atoms with E-state index >= 15 is 0 Å². The fourth-order valence-corrected chi connectivity index (χ4v) is 5.38. The van der Waals surface area contributed by atoms with Crippen molar-refractivity contribution in [3.8, 4) is 17.9 Å². The van der Waals surface area contributed by atoms with Crippen LogP contribution in [0.2, 0.25) is 0 Å². The van der Waals surface area contributed by atoms with Crippen molar-refractivity contribution in [3.63, 3.8) is 0 Å². The lowest BCUT2D eigenvalue weighted by Crippen LogP contribution is -2.25. The zero-order valence-electron chi connectivity index (χ0n) is 18.2. The molecule has 0 heterocycles. The van der Waals surface area contributed by atoms with Gasteiger partial charge in [0.2, 0.25) is 0 Å². The van der Waals surface area contributed by atoms with Crippen LogP contribution >= 0.6 is 0 Å². The molecule has 0 atom stereocenters. The SMILES string of the molecule is CCCCCC1CCC(C2CCC(/C=C/C#Cc3ccc(C#N)cc3)CC2)CC1. The second-order valence-electron chi connectivity index (χ2n) is 9.27. The van der Waals surface area contributed by atoms with Crippen molar-refractivity contribution in [2.75, 3.05) is 0 Å². The smallest absolute Gasteiger partial charge is 0.0991 e. The highest BCUT2D eigenvalue weighted by Gasteiger charge is 2.30. The van der Waals surface area contributed by atoms with Crippen LogP contribution in [0.3, 0.4) is 0 Å². The Bertz CT molecular complexity index is 723. The maximum Gasteiger partial charge on any atom is 0.0991 e. The van der Waals surface area contributed by atoms with Crippen LogP contribution in [-0.4, -0.2) is 0 Å². The van der Waals surface area contributed by atoms with Crippen LogP contribution in [0.25, 0.3) is 0 Å². The number of rotatable bonds is 6. The quantitative estimate of drug-likeness (QED) is 0.363. The van der Waals surface area contributed by atoms with Gasteiger partial charge < -0.3 is 0 Å². The van der Waals surface area contributed by atoms with Gasteiger partial charge in [0.05, 0.1) is 11.6 Å². The summed E-state index contributed by atoms with van der Waals surface area (Å²) in [6.07, 6.45) is 21.6. The molecule has 1 heteroatoms. The molecule has 29 heavy (non-hydrogen) atoms. The van der Waals surface area contributed by atoms with E-state index in [0.29, 0.717) is 11.5 Å². The molecule has 0 amide bonds. The molecule has 0 saturated heterocycles. The Labute approximate surface area is 178 Å². The van der Waals surface area contributed by atoms with Crippen molar-refractivity contribution in [2.45, 2.75) is 84.0 Å². The Morgan fingerprint density at radius 3 is 2.10 bits per heavy atom. The number of allylic oxidation sites excluding steroid dienone is 2. The number of hydrogen-bond acceptors (Lipinski definition) is 1. The molecule has 2 saturated carbocycles. The summed E-state index contributed by atoms with van der Waals surface area (Å²) < 4.78 is 0. The van der Waals surface area contributed by atoms with Gasteiger partial charge in [-0.15, -0.1) is 0 Å². The number of nitriles is 1. The van der Waals surface area contributed by atoms with Crippen LogP contribution < -0.4 is 0 Å². The lowest BCUT2D eigenvalue weighted by Gasteiger charge is -2.37. The van der Waals surface area contributed by atoms with Crippen LogP contribution in [-0.2, 0) is 0 Å². The summed E-state index contributed by atoms with van der Waals surface area (Å²) in [4.78, 5) is 0. The highest BCUT2D eigenvalue weighted by atomic mass is 14.4. The molecule has 3 rings (SSSR count). The monoisotopic (exact) mass is 387 g/mol. The number of unbranched alkanes of at least 4 members (excludes halogenated alkanes) is 2. The molecule has 1 aromatic rings. The van der Waals surface area contributed by atoms with Crippen LogP contribution in [0.15, 0.2) is 36.4 Å². The molecular formula is C28H37N. The van der Waals surface area contributed by atoms with Gasteiger partial charge in [-0.2, -0.15) is 5.26 Å². The van der Waals surface area contributed by atoms with Crippen molar-refractivity contribution in [2.24, 2.45) is 23.7 Å². The Balaban J connectivity index is 1.36. The maximum atomic E-state index is 8.84. The largest absolute Gasteiger partial charge is 0.192 e. The third-order valence-corrected chi connectivity index (χ3v) is 7.27. The van der Waals surface area contributed by atoms with E-state index < -0.39 is 0 Å². The van der Waals surface area contributed by atoms with Crippen LogP contribution in [0.1, 0.15) is 95.1 Å². The van der Waals surface area contributed by atoms with E-state index in [9.17, 15) is 0 Å². The summed E-state index contributed by atoms with van der Waals surface area (Å²) in [5.74, 6) is 10.1. The first-order valence-corrected chi connectivity index (χ1v) is 12.0. The Morgan fingerprint density at radius 2 is 1.48 bits per heavy atom. The zero-order valence-corrected chi connectivity index (χ0v) is 18.2. The topological polar surface area (TPSA) is 23.8 Å². The molecule has 0 aliphatic heterocycles. The Morgan fingerprint density at radius 1 is 0.862 bits per heavy atom. The van der Waals surface area contributed by atoms with Crippen molar-refractivity contribution < 1.29 is 0 Å². The summed E-state index contributed by atoms with van der Waals surface area (Å²) in [6, 6.07) is 9.64. The molecule has 2 aliphatic rings. The summed E-state index contributed by atoms with van der Waals surface area (Å²) in [5, 5.41) is 8.84. The molecule has 0 spiro atoms. The average Bonchev–Trinajstić information content (AvgIpc) is 2.78. The second kappa shape index (κ2) is 11.9. The number of hydrogen-bond donors (Lipinski definition) is 0. The molecule has 0 bridgehead atoms. The van der Waals surface area contributed by atoms with E-state index in [2.05, 4.69) is 30.9 Å². The van der Waals surface area contributed by atoms with Crippen LogP contribution in [0.5, 0.6) is 0 Å². The molecule has 0 aromatic heterocycles. The fourth-order valence-electron chi connectivity index (χ4n) is 5.38. The predicted molar refractivity (Wildman–Crippen MR) is 122 cm³/mol. The maximum absolute atomic E-state index is 8.84. The first-order chi connectivity index (χ1) is 14.3. The fraction of sp³-hybridized carbons (Fsp3) is 0.607. The lowest BCUT2D eigenvalue weighted by atomic mass is 9.68. The summed E-state index contributed by atoms with van der Waals surface area (Å²) in [6.45, 7) is 2.31. The van der Waals surface area contributed by atoms with Gasteiger partial charge in [-0.25, -0.2) is 0 Å². The summed E-state index contributed by atoms with van der Waals surface area (Å²) >= 11 is 0. The molecule has 2 aliphatic carbocycles. The zero-order chi connectivity index (χ0) is 20.3. The van der Waals surface area contributed by atoms with E-state index in [1.165, 1.54) is 77.0 Å². The van der Waals surface area contributed by atoms with Gasteiger partial charge in [-0.3, -0.25) is 0 Å². The minimum atomic E-state index is 0.688. The standard InChI is InChI=1S/C28H37N/c1-2-3-4-7-24-14-18-27(19-15-24)28-20-16-25(17-21-28)9-6-5-8-23-10-12-26(22-29)13-11-23/h6,9-13,24-25,27-28H,2-4,7,14-21H2,1H3/b9-6+. The number of nitrogens with zero attached hydrogens (tertiary/aromatic N) is 1. The first-order valence-electron chi connectivity index (χ1n) is 12.0. The minimum Gasteiger partial charge on any atom is -0.192 e. The van der Waals surface area contributed by atoms with E-state index in [1.54, 1.807) is 0 Å². The van der Waals surface area contributed by atoms with Crippen molar-refractivity contribution in [1.29, 1.82) is 5.26 Å². The van der Waals surface area contributed by atoms with Crippen molar-refractivity contribution in [3.05, 3.63) is 47.5 Å². The molecule has 2 fully saturated rings. The minimum absolute atomic E-state index is 0.688. The third kappa shape index (κ3) is 7.08. The van der Waals surface area contributed by atoms with Crippen LogP contribution in [0.4, 0.5) is 0 Å². The summed E-state index contributed by atoms with van der Waals surface area (Å²) in [5.41, 5.74) is 1.66. The Kier molecular flexibility index (Phi) is 8.89. The van der Waals surface area contributed by atoms with E-state index in [-0.39, 0.29) is 0 Å². The highest BCUT2D eigenvalue weighted by molar-refractivity contribution is 5.41. The van der Waals surface area contributed by atoms with Gasteiger partial charge in [0, 0.05) is 5.56 Å². The molecule has 0 unspecified atom stereocenters. The normalized spacial score (nSPS) is 27.2. The van der Waals surface area contributed by atoms with Crippen molar-refractivity contribution in [1.82, 2.24) is 0 Å². The first kappa shape index (κ1) is 21.7. The van der Waals surface area contributed by atoms with Gasteiger partial charge in [0.25, 0.3) is 0 Å². The van der Waals surface area contributed by atoms with Gasteiger partial charge in [0.1, 0.15) is 0 Å². The lowest BCUT2D eigenvalue weighted by molar-refractivity contribution is 0.151. The highest BCUT2D eigenvalue weighted by Crippen LogP contribution is 2.42. The van der Waals surface area contributed by atoms with Gasteiger partial charge in [0.15, 0.2) is 0 Å². The predicted octanol–water partition coefficient (Wildman–Crippen LogP) is 7.66. The second-order valence-corrected chi connectivity index (χ2v) is 9.27. The summed E-state index contributed by atoms with van der Waals surface area (Å²) in [7, 11) is 0. The van der Waals surface area contributed by atoms with Gasteiger partial charge in [-0.1, -0.05) is 63.4 Å². The van der Waals surface area contributed by atoms with Crippen molar-refractivity contribution >= 4 is 0 Å². The van der Waals surface area contributed by atoms with E-state index in [1.807, 2.05) is 30.3 Å². The van der Waals surface area contributed by atoms with Gasteiger partial charge in [-0.05, 0) is 92.5 Å².